The molecule has 1 fully saturated rings. The molecule has 0 aliphatic heterocycles. The van der Waals surface area contributed by atoms with Crippen LogP contribution in [0.25, 0.3) is 0 Å². The molecule has 0 saturated heterocycles. The van der Waals surface area contributed by atoms with Gasteiger partial charge in [-0.3, -0.25) is 4.99 Å². The van der Waals surface area contributed by atoms with Crippen molar-refractivity contribution in [2.75, 3.05) is 26.7 Å². The van der Waals surface area contributed by atoms with E-state index in [2.05, 4.69) is 20.3 Å². The highest BCUT2D eigenvalue weighted by molar-refractivity contribution is 14.0. The van der Waals surface area contributed by atoms with E-state index < -0.39 is 10.0 Å². The number of halogens is 1. The van der Waals surface area contributed by atoms with Crippen LogP contribution in [-0.4, -0.2) is 41.1 Å². The van der Waals surface area contributed by atoms with Gasteiger partial charge < -0.3 is 10.6 Å². The van der Waals surface area contributed by atoms with Gasteiger partial charge in [0, 0.05) is 26.7 Å². The smallest absolute Gasteiger partial charge is 0.240 e. The van der Waals surface area contributed by atoms with Crippen molar-refractivity contribution in [1.82, 2.24) is 15.4 Å². The average Bonchev–Trinajstić information content (AvgIpc) is 3.33. The molecule has 1 aromatic rings. The van der Waals surface area contributed by atoms with Crippen molar-refractivity contribution in [1.29, 1.82) is 0 Å². The van der Waals surface area contributed by atoms with Gasteiger partial charge in [0.1, 0.15) is 0 Å². The Hall–Kier alpha value is -0.870. The topological polar surface area (TPSA) is 82.6 Å². The molecule has 1 saturated carbocycles. The lowest BCUT2D eigenvalue weighted by atomic mass is 10.2. The van der Waals surface area contributed by atoms with E-state index in [1.54, 1.807) is 20.0 Å². The third-order valence-corrected chi connectivity index (χ3v) is 5.42. The number of rotatable bonds is 7. The Bertz CT molecular complexity index is 673. The normalized spacial score (nSPS) is 14.9. The summed E-state index contributed by atoms with van der Waals surface area (Å²) in [5.41, 5.74) is 1.68. The van der Waals surface area contributed by atoms with Gasteiger partial charge in [0.05, 0.1) is 4.90 Å². The summed E-state index contributed by atoms with van der Waals surface area (Å²) in [6.45, 7) is 5.40. The molecule has 6 nitrogen and oxygen atoms in total. The predicted octanol–water partition coefficient (Wildman–Crippen LogP) is 1.77. The third kappa shape index (κ3) is 6.56. The minimum atomic E-state index is -3.48. The monoisotopic (exact) mass is 466 g/mol. The highest BCUT2D eigenvalue weighted by Crippen LogP contribution is 2.27. The van der Waals surface area contributed by atoms with Crippen LogP contribution in [0, 0.1) is 19.8 Å². The fraction of sp³-hybridized carbons (Fsp3) is 0.562. The summed E-state index contributed by atoms with van der Waals surface area (Å²) in [6, 6.07) is 5.43. The lowest BCUT2D eigenvalue weighted by Crippen LogP contribution is -2.42. The van der Waals surface area contributed by atoms with Crippen LogP contribution in [0.2, 0.25) is 0 Å². The predicted molar refractivity (Wildman–Crippen MR) is 109 cm³/mol. The van der Waals surface area contributed by atoms with Crippen LogP contribution in [-0.2, 0) is 10.0 Å². The molecule has 0 unspecified atom stereocenters. The fourth-order valence-corrected chi connectivity index (χ4v) is 3.58. The Morgan fingerprint density at radius 3 is 2.54 bits per heavy atom. The number of guanidine groups is 1. The second kappa shape index (κ2) is 9.57. The van der Waals surface area contributed by atoms with Gasteiger partial charge in [-0.1, -0.05) is 12.1 Å². The van der Waals surface area contributed by atoms with Gasteiger partial charge in [0.15, 0.2) is 5.96 Å². The van der Waals surface area contributed by atoms with E-state index in [-0.39, 0.29) is 24.0 Å². The van der Waals surface area contributed by atoms with Crippen LogP contribution in [0.3, 0.4) is 0 Å². The number of benzene rings is 1. The largest absolute Gasteiger partial charge is 0.356 e. The van der Waals surface area contributed by atoms with Crippen LogP contribution in [0.5, 0.6) is 0 Å². The Morgan fingerprint density at radius 1 is 1.21 bits per heavy atom. The SMILES string of the molecule is CN=C(NCCNS(=O)(=O)c1cc(C)ccc1C)NCC1CC1.I. The number of sulfonamides is 1. The second-order valence-electron chi connectivity index (χ2n) is 5.99. The molecule has 0 amide bonds. The van der Waals surface area contributed by atoms with Gasteiger partial charge in [-0.15, -0.1) is 24.0 Å². The first-order valence-corrected chi connectivity index (χ1v) is 9.42. The average molecular weight is 466 g/mol. The lowest BCUT2D eigenvalue weighted by Gasteiger charge is -2.13. The van der Waals surface area contributed by atoms with E-state index in [0.717, 1.165) is 23.6 Å². The number of nitrogens with one attached hydrogen (secondary N) is 3. The molecule has 0 radical (unpaired) electrons. The van der Waals surface area contributed by atoms with Crippen LogP contribution < -0.4 is 15.4 Å². The summed E-state index contributed by atoms with van der Waals surface area (Å²) in [5.74, 6) is 1.47. The maximum absolute atomic E-state index is 12.4. The quantitative estimate of drug-likeness (QED) is 0.248. The summed E-state index contributed by atoms with van der Waals surface area (Å²) >= 11 is 0. The van der Waals surface area contributed by atoms with E-state index >= 15 is 0 Å². The first-order chi connectivity index (χ1) is 10.9. The molecule has 2 rings (SSSR count). The minimum Gasteiger partial charge on any atom is -0.356 e. The summed E-state index contributed by atoms with van der Waals surface area (Å²) in [6.07, 6.45) is 2.55. The van der Waals surface area contributed by atoms with Gasteiger partial charge in [-0.25, -0.2) is 13.1 Å². The van der Waals surface area contributed by atoms with Crippen molar-refractivity contribution in [2.45, 2.75) is 31.6 Å². The van der Waals surface area contributed by atoms with Gasteiger partial charge in [-0.2, -0.15) is 0 Å². The zero-order valence-electron chi connectivity index (χ0n) is 14.4. The molecule has 136 valence electrons. The van der Waals surface area contributed by atoms with Gasteiger partial charge in [0.25, 0.3) is 0 Å². The molecule has 3 N–H and O–H groups in total. The summed E-state index contributed by atoms with van der Waals surface area (Å²) in [7, 11) is -1.77. The second-order valence-corrected chi connectivity index (χ2v) is 7.73. The molecule has 1 aliphatic carbocycles. The summed E-state index contributed by atoms with van der Waals surface area (Å²) in [5, 5.41) is 6.35. The van der Waals surface area contributed by atoms with E-state index in [1.807, 2.05) is 19.1 Å². The zero-order chi connectivity index (χ0) is 16.9. The first-order valence-electron chi connectivity index (χ1n) is 7.94. The lowest BCUT2D eigenvalue weighted by molar-refractivity contribution is 0.579. The van der Waals surface area contributed by atoms with Crippen LogP contribution in [0.4, 0.5) is 0 Å². The molecule has 0 bridgehead atoms. The molecular weight excluding hydrogens is 439 g/mol. The molecule has 0 heterocycles. The van der Waals surface area contributed by atoms with Crippen molar-refractivity contribution in [3.63, 3.8) is 0 Å². The maximum Gasteiger partial charge on any atom is 0.240 e. The molecule has 0 spiro atoms. The minimum absolute atomic E-state index is 0. The van der Waals surface area contributed by atoms with Gasteiger partial charge in [0.2, 0.25) is 10.0 Å². The molecule has 24 heavy (non-hydrogen) atoms. The van der Waals surface area contributed by atoms with Gasteiger partial charge in [-0.05, 0) is 49.8 Å². The van der Waals surface area contributed by atoms with Gasteiger partial charge >= 0.3 is 0 Å². The first kappa shape index (κ1) is 21.2. The van der Waals surface area contributed by atoms with Crippen molar-refractivity contribution < 1.29 is 8.42 Å². The Balaban J connectivity index is 0.00000288. The summed E-state index contributed by atoms with van der Waals surface area (Å²) in [4.78, 5) is 4.46. The third-order valence-electron chi connectivity index (χ3n) is 3.82. The molecule has 0 atom stereocenters. The number of aliphatic imine (C=N–C) groups is 1. The number of hydrogen-bond donors (Lipinski definition) is 3. The van der Waals surface area contributed by atoms with Crippen LogP contribution >= 0.6 is 24.0 Å². The standard InChI is InChI=1S/C16H26N4O2S.HI/c1-12-4-5-13(2)15(10-12)23(21,22)20-9-8-18-16(17-3)19-11-14-6-7-14;/h4-5,10,14,20H,6-9,11H2,1-3H3,(H2,17,18,19);1H. The zero-order valence-corrected chi connectivity index (χ0v) is 17.6. The van der Waals surface area contributed by atoms with E-state index in [0.29, 0.717) is 23.9 Å². The fourth-order valence-electron chi connectivity index (χ4n) is 2.22. The molecular formula is C16H27IN4O2S. The number of aryl methyl sites for hydroxylation is 2. The van der Waals surface area contributed by atoms with Crippen molar-refractivity contribution in [3.8, 4) is 0 Å². The molecule has 8 heteroatoms. The Morgan fingerprint density at radius 2 is 1.92 bits per heavy atom. The van der Waals surface area contributed by atoms with Crippen LogP contribution in [0.1, 0.15) is 24.0 Å². The van der Waals surface area contributed by atoms with Crippen molar-refractivity contribution >= 4 is 40.0 Å². The molecule has 1 aromatic carbocycles. The molecule has 0 aromatic heterocycles. The van der Waals surface area contributed by atoms with E-state index in [1.165, 1.54) is 12.8 Å². The number of nitrogens with zero attached hydrogens (tertiary/aromatic N) is 1. The Labute approximate surface area is 162 Å². The highest BCUT2D eigenvalue weighted by atomic mass is 127. The van der Waals surface area contributed by atoms with E-state index in [4.69, 9.17) is 0 Å². The van der Waals surface area contributed by atoms with Crippen molar-refractivity contribution in [3.05, 3.63) is 29.3 Å². The maximum atomic E-state index is 12.4. The van der Waals surface area contributed by atoms with Crippen molar-refractivity contribution in [2.24, 2.45) is 10.9 Å². The summed E-state index contributed by atoms with van der Waals surface area (Å²) < 4.78 is 27.3. The molecule has 1 aliphatic rings. The highest BCUT2D eigenvalue weighted by Gasteiger charge is 2.21. The number of hydrogen-bond acceptors (Lipinski definition) is 3. The Kier molecular flexibility index (Phi) is 8.44. The van der Waals surface area contributed by atoms with E-state index in [9.17, 15) is 8.42 Å². The van der Waals surface area contributed by atoms with Crippen LogP contribution in [0.15, 0.2) is 28.1 Å².